The summed E-state index contributed by atoms with van der Waals surface area (Å²) in [6.07, 6.45) is 3.45. The number of fused-ring (bicyclic) bond motifs is 3. The molecule has 0 radical (unpaired) electrons. The molecule has 136 valence electrons. The molecule has 4 rings (SSSR count). The van der Waals surface area contributed by atoms with Crippen molar-refractivity contribution in [3.05, 3.63) is 45.6 Å². The lowest BCUT2D eigenvalue weighted by molar-refractivity contribution is 0.509. The smallest absolute Gasteiger partial charge is 0.225 e. The van der Waals surface area contributed by atoms with Crippen LogP contribution in [0.25, 0.3) is 10.2 Å². The van der Waals surface area contributed by atoms with Crippen molar-refractivity contribution in [2.24, 2.45) is 5.92 Å². The molecule has 3 aromatic rings. The molecule has 0 amide bonds. The SMILES string of the molecule is CC1CCc2c(sc3nc(Cl)nc(Nc4ccc(C(C)(C)C)cc4)c23)C1. The van der Waals surface area contributed by atoms with Crippen LogP contribution < -0.4 is 5.32 Å². The molecule has 0 fully saturated rings. The van der Waals surface area contributed by atoms with Crippen LogP contribution in [0.2, 0.25) is 5.28 Å². The topological polar surface area (TPSA) is 37.8 Å². The van der Waals surface area contributed by atoms with Gasteiger partial charge in [0.15, 0.2) is 0 Å². The van der Waals surface area contributed by atoms with Gasteiger partial charge in [0, 0.05) is 10.6 Å². The second-order valence-corrected chi connectivity index (χ2v) is 9.75. The number of halogens is 1. The molecule has 1 aromatic carbocycles. The quantitative estimate of drug-likeness (QED) is 0.511. The number of aryl methyl sites for hydroxylation is 1. The van der Waals surface area contributed by atoms with Gasteiger partial charge in [0.25, 0.3) is 0 Å². The van der Waals surface area contributed by atoms with Gasteiger partial charge in [-0.05, 0) is 65.5 Å². The maximum Gasteiger partial charge on any atom is 0.225 e. The molecule has 1 unspecified atom stereocenters. The Labute approximate surface area is 163 Å². The molecule has 2 aromatic heterocycles. The van der Waals surface area contributed by atoms with E-state index in [1.807, 2.05) is 0 Å². The van der Waals surface area contributed by atoms with E-state index in [4.69, 9.17) is 11.6 Å². The van der Waals surface area contributed by atoms with Gasteiger partial charge in [-0.2, -0.15) is 4.98 Å². The van der Waals surface area contributed by atoms with Gasteiger partial charge < -0.3 is 5.32 Å². The Hall–Kier alpha value is -1.65. The van der Waals surface area contributed by atoms with Crippen molar-refractivity contribution < 1.29 is 0 Å². The number of hydrogen-bond donors (Lipinski definition) is 1. The van der Waals surface area contributed by atoms with E-state index in [2.05, 4.69) is 67.2 Å². The normalized spacial score (nSPS) is 17.3. The molecule has 2 heterocycles. The van der Waals surface area contributed by atoms with Gasteiger partial charge in [0.05, 0.1) is 5.39 Å². The summed E-state index contributed by atoms with van der Waals surface area (Å²) < 4.78 is 0. The van der Waals surface area contributed by atoms with Gasteiger partial charge in [-0.15, -0.1) is 11.3 Å². The Bertz CT molecular complexity index is 954. The van der Waals surface area contributed by atoms with Crippen LogP contribution in [0.1, 0.15) is 50.1 Å². The van der Waals surface area contributed by atoms with Crippen molar-refractivity contribution in [3.63, 3.8) is 0 Å². The fourth-order valence-electron chi connectivity index (χ4n) is 3.60. The Morgan fingerprint density at radius 1 is 1.15 bits per heavy atom. The number of rotatable bonds is 2. The largest absolute Gasteiger partial charge is 0.340 e. The van der Waals surface area contributed by atoms with Crippen molar-refractivity contribution in [3.8, 4) is 0 Å². The first-order chi connectivity index (χ1) is 12.3. The molecule has 26 heavy (non-hydrogen) atoms. The average Bonchev–Trinajstić information content (AvgIpc) is 2.91. The van der Waals surface area contributed by atoms with E-state index < -0.39 is 0 Å². The van der Waals surface area contributed by atoms with Crippen LogP contribution in [0.4, 0.5) is 11.5 Å². The van der Waals surface area contributed by atoms with Gasteiger partial charge in [-0.1, -0.05) is 39.8 Å². The molecular formula is C21H24ClN3S. The molecule has 5 heteroatoms. The maximum atomic E-state index is 6.21. The van der Waals surface area contributed by atoms with E-state index in [1.54, 1.807) is 11.3 Å². The third kappa shape index (κ3) is 3.33. The number of aromatic nitrogens is 2. The summed E-state index contributed by atoms with van der Waals surface area (Å²) >= 11 is 7.98. The van der Waals surface area contributed by atoms with Gasteiger partial charge in [0.2, 0.25) is 5.28 Å². The lowest BCUT2D eigenvalue weighted by Crippen LogP contribution is -2.10. The van der Waals surface area contributed by atoms with Crippen LogP contribution in [-0.4, -0.2) is 9.97 Å². The summed E-state index contributed by atoms with van der Waals surface area (Å²) in [5.74, 6) is 1.57. The monoisotopic (exact) mass is 385 g/mol. The number of thiophene rings is 1. The first kappa shape index (κ1) is 17.7. The minimum Gasteiger partial charge on any atom is -0.340 e. The number of benzene rings is 1. The second kappa shape index (κ2) is 6.50. The fraction of sp³-hybridized carbons (Fsp3) is 0.429. The Morgan fingerprint density at radius 3 is 2.58 bits per heavy atom. The fourth-order valence-corrected chi connectivity index (χ4v) is 5.20. The third-order valence-electron chi connectivity index (χ3n) is 5.14. The summed E-state index contributed by atoms with van der Waals surface area (Å²) in [7, 11) is 0. The highest BCUT2D eigenvalue weighted by Gasteiger charge is 2.24. The lowest BCUT2D eigenvalue weighted by atomic mass is 9.87. The molecule has 1 N–H and O–H groups in total. The van der Waals surface area contributed by atoms with Gasteiger partial charge in [0.1, 0.15) is 10.6 Å². The number of nitrogens with zero attached hydrogens (tertiary/aromatic N) is 2. The van der Waals surface area contributed by atoms with Crippen molar-refractivity contribution in [2.75, 3.05) is 5.32 Å². The molecule has 0 spiro atoms. The standard InChI is InChI=1S/C21H24ClN3S/c1-12-5-10-15-16(11-12)26-19-17(15)18(24-20(22)25-19)23-14-8-6-13(7-9-14)21(2,3)4/h6-9,12H,5,10-11H2,1-4H3,(H,23,24,25). The van der Waals surface area contributed by atoms with Crippen molar-refractivity contribution in [1.29, 1.82) is 0 Å². The third-order valence-corrected chi connectivity index (χ3v) is 6.46. The van der Waals surface area contributed by atoms with E-state index in [0.29, 0.717) is 5.28 Å². The molecule has 1 atom stereocenters. The van der Waals surface area contributed by atoms with Gasteiger partial charge in [-0.3, -0.25) is 0 Å². The van der Waals surface area contributed by atoms with Crippen LogP contribution in [0.3, 0.4) is 0 Å². The highest BCUT2D eigenvalue weighted by molar-refractivity contribution is 7.19. The number of nitrogens with one attached hydrogen (secondary N) is 1. The van der Waals surface area contributed by atoms with Gasteiger partial charge >= 0.3 is 0 Å². The second-order valence-electron chi connectivity index (χ2n) is 8.33. The first-order valence-corrected chi connectivity index (χ1v) is 10.4. The van der Waals surface area contributed by atoms with Crippen LogP contribution in [0, 0.1) is 5.92 Å². The zero-order chi connectivity index (χ0) is 18.5. The number of anilines is 2. The molecule has 1 aliphatic rings. The van der Waals surface area contributed by atoms with Crippen molar-refractivity contribution in [2.45, 2.75) is 52.4 Å². The minimum atomic E-state index is 0.146. The molecule has 0 saturated carbocycles. The molecule has 0 aliphatic heterocycles. The van der Waals surface area contributed by atoms with Crippen molar-refractivity contribution in [1.82, 2.24) is 9.97 Å². The average molecular weight is 386 g/mol. The molecular weight excluding hydrogens is 362 g/mol. The summed E-state index contributed by atoms with van der Waals surface area (Å²) in [5, 5.41) is 4.94. The zero-order valence-electron chi connectivity index (χ0n) is 15.7. The Balaban J connectivity index is 1.74. The van der Waals surface area contributed by atoms with Crippen molar-refractivity contribution >= 4 is 44.7 Å². The molecule has 0 bridgehead atoms. The maximum absolute atomic E-state index is 6.21. The van der Waals surface area contributed by atoms with Gasteiger partial charge in [-0.25, -0.2) is 4.98 Å². The minimum absolute atomic E-state index is 0.146. The predicted octanol–water partition coefficient (Wildman–Crippen LogP) is 6.51. The predicted molar refractivity (Wildman–Crippen MR) is 112 cm³/mol. The summed E-state index contributed by atoms with van der Waals surface area (Å²) in [5.41, 5.74) is 3.90. The molecule has 3 nitrogen and oxygen atoms in total. The summed E-state index contributed by atoms with van der Waals surface area (Å²) in [6.45, 7) is 8.99. The Morgan fingerprint density at radius 2 is 1.88 bits per heavy atom. The van der Waals surface area contributed by atoms with Crippen LogP contribution in [0.15, 0.2) is 24.3 Å². The first-order valence-electron chi connectivity index (χ1n) is 9.16. The summed E-state index contributed by atoms with van der Waals surface area (Å²) in [6, 6.07) is 8.58. The highest BCUT2D eigenvalue weighted by atomic mass is 35.5. The van der Waals surface area contributed by atoms with E-state index in [1.165, 1.54) is 22.4 Å². The van der Waals surface area contributed by atoms with E-state index in [-0.39, 0.29) is 5.41 Å². The van der Waals surface area contributed by atoms with E-state index in [9.17, 15) is 0 Å². The lowest BCUT2D eigenvalue weighted by Gasteiger charge is -2.20. The van der Waals surface area contributed by atoms with Crippen LogP contribution in [-0.2, 0) is 18.3 Å². The highest BCUT2D eigenvalue weighted by Crippen LogP contribution is 2.41. The Kier molecular flexibility index (Phi) is 4.44. The molecule has 0 saturated heterocycles. The van der Waals surface area contributed by atoms with E-state index >= 15 is 0 Å². The number of hydrogen-bond acceptors (Lipinski definition) is 4. The zero-order valence-corrected chi connectivity index (χ0v) is 17.3. The van der Waals surface area contributed by atoms with Crippen LogP contribution in [0.5, 0.6) is 0 Å². The van der Waals surface area contributed by atoms with E-state index in [0.717, 1.165) is 40.5 Å². The summed E-state index contributed by atoms with van der Waals surface area (Å²) in [4.78, 5) is 11.4. The van der Waals surface area contributed by atoms with Crippen LogP contribution >= 0.6 is 22.9 Å². The molecule has 1 aliphatic carbocycles.